The smallest absolute Gasteiger partial charge is 0.213 e. The molecule has 0 radical (unpaired) electrons. The summed E-state index contributed by atoms with van der Waals surface area (Å²) in [5.74, 6) is -0.890. The number of carbonyl (C=O) groups is 2. The van der Waals surface area contributed by atoms with Crippen LogP contribution in [0.25, 0.3) is 0 Å². The highest BCUT2D eigenvalue weighted by Crippen LogP contribution is 2.22. The van der Waals surface area contributed by atoms with Gasteiger partial charge in [0.25, 0.3) is 0 Å². The van der Waals surface area contributed by atoms with Crippen LogP contribution in [0, 0.1) is 5.82 Å². The third-order valence-corrected chi connectivity index (χ3v) is 3.35. The standard InChI is InChI=1S/C15H12FN3O2/c1-19(8-9-3-2-4-10(16)5-9)12-6-13(20)14-11(15(12)21)7-17-18-14/h2-7H,8H2,1H3,(H,17,18). The Labute approximate surface area is 120 Å². The van der Waals surface area contributed by atoms with Crippen LogP contribution in [0.15, 0.2) is 42.2 Å². The highest BCUT2D eigenvalue weighted by Gasteiger charge is 2.29. The van der Waals surface area contributed by atoms with Crippen molar-refractivity contribution in [2.45, 2.75) is 6.54 Å². The number of Topliss-reactive ketones (excluding diaryl/α,β-unsaturated/α-hetero) is 1. The normalized spacial score (nSPS) is 13.9. The zero-order valence-electron chi connectivity index (χ0n) is 11.3. The fourth-order valence-corrected chi connectivity index (χ4v) is 2.32. The van der Waals surface area contributed by atoms with Crippen molar-refractivity contribution in [3.8, 4) is 0 Å². The summed E-state index contributed by atoms with van der Waals surface area (Å²) >= 11 is 0. The fourth-order valence-electron chi connectivity index (χ4n) is 2.32. The summed E-state index contributed by atoms with van der Waals surface area (Å²) in [7, 11) is 1.69. The van der Waals surface area contributed by atoms with Gasteiger partial charge in [-0.05, 0) is 17.7 Å². The van der Waals surface area contributed by atoms with Gasteiger partial charge in [-0.1, -0.05) is 12.1 Å². The molecule has 1 aliphatic rings. The summed E-state index contributed by atoms with van der Waals surface area (Å²) < 4.78 is 13.2. The van der Waals surface area contributed by atoms with Crippen LogP contribution in [0.3, 0.4) is 0 Å². The zero-order chi connectivity index (χ0) is 15.0. The number of likely N-dealkylation sites (N-methyl/N-ethyl adjacent to an activating group) is 1. The van der Waals surface area contributed by atoms with Crippen LogP contribution in [-0.4, -0.2) is 33.7 Å². The molecule has 0 aliphatic heterocycles. The summed E-state index contributed by atoms with van der Waals surface area (Å²) in [6, 6.07) is 6.12. The predicted molar refractivity (Wildman–Crippen MR) is 73.2 cm³/mol. The number of aromatic amines is 1. The molecule has 1 aromatic carbocycles. The summed E-state index contributed by atoms with van der Waals surface area (Å²) in [6.45, 7) is 0.329. The number of H-pyrrole nitrogens is 1. The minimum atomic E-state index is -0.335. The first-order valence-corrected chi connectivity index (χ1v) is 6.36. The van der Waals surface area contributed by atoms with Crippen LogP contribution >= 0.6 is 0 Å². The lowest BCUT2D eigenvalue weighted by Crippen LogP contribution is -2.28. The number of ketones is 2. The molecule has 0 fully saturated rings. The van der Waals surface area contributed by atoms with Crippen molar-refractivity contribution in [2.24, 2.45) is 0 Å². The SMILES string of the molecule is CN(Cc1cccc(F)c1)C1=CC(=O)c2[nH]ncc2C1=O. The molecule has 6 heteroatoms. The minimum absolute atomic E-state index is 0.211. The van der Waals surface area contributed by atoms with Gasteiger partial charge in [0.05, 0.1) is 17.5 Å². The van der Waals surface area contributed by atoms with Gasteiger partial charge >= 0.3 is 0 Å². The number of allylic oxidation sites excluding steroid dienone is 2. The highest BCUT2D eigenvalue weighted by molar-refractivity contribution is 6.23. The van der Waals surface area contributed by atoms with E-state index in [1.807, 2.05) is 0 Å². The van der Waals surface area contributed by atoms with Crippen molar-refractivity contribution < 1.29 is 14.0 Å². The molecule has 1 aliphatic carbocycles. The number of nitrogens with zero attached hydrogens (tertiary/aromatic N) is 2. The maximum absolute atomic E-state index is 13.2. The average Bonchev–Trinajstić information content (AvgIpc) is 2.93. The first kappa shape index (κ1) is 13.2. The molecular weight excluding hydrogens is 273 g/mol. The number of hydrogen-bond donors (Lipinski definition) is 1. The minimum Gasteiger partial charge on any atom is -0.367 e. The van der Waals surface area contributed by atoms with E-state index in [1.165, 1.54) is 24.4 Å². The van der Waals surface area contributed by atoms with Crippen molar-refractivity contribution >= 4 is 11.6 Å². The maximum atomic E-state index is 13.2. The molecule has 0 spiro atoms. The van der Waals surface area contributed by atoms with E-state index < -0.39 is 0 Å². The molecule has 0 bridgehead atoms. The molecule has 0 saturated carbocycles. The van der Waals surface area contributed by atoms with Crippen molar-refractivity contribution in [2.75, 3.05) is 7.05 Å². The molecule has 1 aromatic heterocycles. The Morgan fingerprint density at radius 1 is 1.33 bits per heavy atom. The second kappa shape index (κ2) is 4.97. The van der Waals surface area contributed by atoms with Crippen LogP contribution < -0.4 is 0 Å². The van der Waals surface area contributed by atoms with Gasteiger partial charge in [-0.2, -0.15) is 5.10 Å². The van der Waals surface area contributed by atoms with Gasteiger partial charge in [-0.3, -0.25) is 14.7 Å². The largest absolute Gasteiger partial charge is 0.367 e. The Hall–Kier alpha value is -2.76. The number of aromatic nitrogens is 2. The number of halogens is 1. The number of hydrogen-bond acceptors (Lipinski definition) is 4. The topological polar surface area (TPSA) is 66.1 Å². The lowest BCUT2D eigenvalue weighted by molar-refractivity contribution is 0.0954. The Morgan fingerprint density at radius 2 is 2.14 bits per heavy atom. The highest BCUT2D eigenvalue weighted by atomic mass is 19.1. The van der Waals surface area contributed by atoms with E-state index in [1.54, 1.807) is 24.1 Å². The van der Waals surface area contributed by atoms with E-state index in [0.717, 1.165) is 5.56 Å². The lowest BCUT2D eigenvalue weighted by Gasteiger charge is -2.23. The average molecular weight is 285 g/mol. The first-order chi connectivity index (χ1) is 10.1. The zero-order valence-corrected chi connectivity index (χ0v) is 11.3. The number of benzene rings is 1. The molecule has 5 nitrogen and oxygen atoms in total. The van der Waals surface area contributed by atoms with Gasteiger partial charge in [0.15, 0.2) is 0 Å². The van der Waals surface area contributed by atoms with E-state index in [0.29, 0.717) is 6.54 Å². The van der Waals surface area contributed by atoms with Crippen LogP contribution in [0.5, 0.6) is 0 Å². The summed E-state index contributed by atoms with van der Waals surface area (Å²) in [5.41, 5.74) is 1.47. The number of carbonyl (C=O) groups excluding carboxylic acids is 2. The van der Waals surface area contributed by atoms with Gasteiger partial charge < -0.3 is 4.90 Å². The molecule has 0 unspecified atom stereocenters. The Bertz CT molecular complexity index is 764. The molecule has 2 aromatic rings. The molecule has 0 amide bonds. The summed E-state index contributed by atoms with van der Waals surface area (Å²) in [6.07, 6.45) is 2.63. The van der Waals surface area contributed by atoms with Gasteiger partial charge in [-0.15, -0.1) is 0 Å². The van der Waals surface area contributed by atoms with Crippen molar-refractivity contribution in [1.29, 1.82) is 0 Å². The monoisotopic (exact) mass is 285 g/mol. The van der Waals surface area contributed by atoms with Crippen LogP contribution in [0.2, 0.25) is 0 Å². The second-order valence-electron chi connectivity index (χ2n) is 4.87. The number of rotatable bonds is 3. The molecule has 3 rings (SSSR count). The molecule has 1 N–H and O–H groups in total. The van der Waals surface area contributed by atoms with Crippen LogP contribution in [0.1, 0.15) is 26.4 Å². The molecule has 0 saturated heterocycles. The fraction of sp³-hybridized carbons (Fsp3) is 0.133. The molecule has 106 valence electrons. The third-order valence-electron chi connectivity index (χ3n) is 3.35. The lowest BCUT2D eigenvalue weighted by atomic mass is 9.98. The summed E-state index contributed by atoms with van der Waals surface area (Å²) in [5, 5.41) is 6.25. The Balaban J connectivity index is 1.87. The van der Waals surface area contributed by atoms with E-state index in [-0.39, 0.29) is 34.3 Å². The van der Waals surface area contributed by atoms with E-state index in [2.05, 4.69) is 10.2 Å². The predicted octanol–water partition coefficient (Wildman–Crippen LogP) is 1.94. The molecule has 0 atom stereocenters. The van der Waals surface area contributed by atoms with Crippen LogP contribution in [0.4, 0.5) is 4.39 Å². The van der Waals surface area contributed by atoms with Gasteiger partial charge in [0.2, 0.25) is 11.6 Å². The third kappa shape index (κ3) is 2.35. The van der Waals surface area contributed by atoms with Crippen molar-refractivity contribution in [3.05, 3.63) is 64.9 Å². The first-order valence-electron chi connectivity index (χ1n) is 6.36. The molecule has 21 heavy (non-hydrogen) atoms. The Kier molecular flexibility index (Phi) is 3.13. The summed E-state index contributed by atoms with van der Waals surface area (Å²) in [4.78, 5) is 25.9. The second-order valence-corrected chi connectivity index (χ2v) is 4.87. The van der Waals surface area contributed by atoms with E-state index in [9.17, 15) is 14.0 Å². The number of nitrogens with one attached hydrogen (secondary N) is 1. The molecule has 1 heterocycles. The van der Waals surface area contributed by atoms with Gasteiger partial charge in [-0.25, -0.2) is 4.39 Å². The van der Waals surface area contributed by atoms with Gasteiger partial charge in [0, 0.05) is 19.7 Å². The van der Waals surface area contributed by atoms with Gasteiger partial charge in [0.1, 0.15) is 11.5 Å². The Morgan fingerprint density at radius 3 is 2.90 bits per heavy atom. The van der Waals surface area contributed by atoms with Crippen LogP contribution in [-0.2, 0) is 6.54 Å². The quantitative estimate of drug-likeness (QED) is 0.936. The van der Waals surface area contributed by atoms with E-state index >= 15 is 0 Å². The molecular formula is C15H12FN3O2. The number of fused-ring (bicyclic) bond motifs is 1. The maximum Gasteiger partial charge on any atom is 0.213 e. The van der Waals surface area contributed by atoms with E-state index in [4.69, 9.17) is 0 Å². The van der Waals surface area contributed by atoms with Crippen molar-refractivity contribution in [3.63, 3.8) is 0 Å². The van der Waals surface area contributed by atoms with Crippen molar-refractivity contribution in [1.82, 2.24) is 15.1 Å².